The maximum Gasteiger partial charge on any atom is 0.306 e. The third-order valence-electron chi connectivity index (χ3n) is 5.23. The summed E-state index contributed by atoms with van der Waals surface area (Å²) in [5.74, 6) is -0.863. The van der Waals surface area contributed by atoms with E-state index in [4.69, 9.17) is 0 Å². The summed E-state index contributed by atoms with van der Waals surface area (Å²) in [5.41, 5.74) is 4.96. The molecule has 0 aliphatic carbocycles. The summed E-state index contributed by atoms with van der Waals surface area (Å²) in [5, 5.41) is 9.26. The summed E-state index contributed by atoms with van der Waals surface area (Å²) in [6, 6.07) is 12.9. The van der Waals surface area contributed by atoms with Gasteiger partial charge in [-0.25, -0.2) is 0 Å². The highest BCUT2D eigenvalue weighted by molar-refractivity contribution is 5.70. The number of pyridine rings is 1. The van der Waals surface area contributed by atoms with Crippen molar-refractivity contribution in [3.63, 3.8) is 0 Å². The van der Waals surface area contributed by atoms with Gasteiger partial charge in [-0.3, -0.25) is 14.7 Å². The molecule has 25 heavy (non-hydrogen) atoms. The molecule has 4 heteroatoms. The second kappa shape index (κ2) is 7.79. The Morgan fingerprint density at radius 2 is 2.00 bits per heavy atom. The number of benzene rings is 1. The van der Waals surface area contributed by atoms with Crippen LogP contribution in [0.2, 0.25) is 0 Å². The van der Waals surface area contributed by atoms with Crippen molar-refractivity contribution in [1.82, 2.24) is 9.88 Å². The predicted molar refractivity (Wildman–Crippen MR) is 98.5 cm³/mol. The monoisotopic (exact) mass is 338 g/mol. The number of piperidine rings is 1. The van der Waals surface area contributed by atoms with E-state index in [0.717, 1.165) is 38.0 Å². The molecule has 0 spiro atoms. The Kier molecular flexibility index (Phi) is 5.49. The van der Waals surface area contributed by atoms with Crippen LogP contribution in [0.1, 0.15) is 41.3 Å². The fraction of sp³-hybridized carbons (Fsp3) is 0.429. The molecule has 0 amide bonds. The minimum absolute atomic E-state index is 0.203. The summed E-state index contributed by atoms with van der Waals surface area (Å²) < 4.78 is 0. The second-order valence-electron chi connectivity index (χ2n) is 7.05. The lowest BCUT2D eigenvalue weighted by atomic mass is 9.90. The van der Waals surface area contributed by atoms with Crippen molar-refractivity contribution < 1.29 is 9.90 Å². The fourth-order valence-electron chi connectivity index (χ4n) is 3.81. The van der Waals surface area contributed by atoms with Crippen LogP contribution in [-0.4, -0.2) is 34.0 Å². The molecule has 1 aliphatic rings. The van der Waals surface area contributed by atoms with Crippen LogP contribution >= 0.6 is 0 Å². The minimum atomic E-state index is -0.660. The molecule has 1 fully saturated rings. The van der Waals surface area contributed by atoms with E-state index in [0.29, 0.717) is 0 Å². The van der Waals surface area contributed by atoms with E-state index < -0.39 is 5.97 Å². The van der Waals surface area contributed by atoms with Crippen molar-refractivity contribution in [2.24, 2.45) is 5.92 Å². The number of carboxylic acid groups (broad SMARTS) is 1. The minimum Gasteiger partial charge on any atom is -0.481 e. The van der Waals surface area contributed by atoms with Crippen LogP contribution in [0.5, 0.6) is 0 Å². The molecule has 0 radical (unpaired) electrons. The summed E-state index contributed by atoms with van der Waals surface area (Å²) in [6.45, 7) is 5.92. The first-order chi connectivity index (χ1) is 12.0. The van der Waals surface area contributed by atoms with Gasteiger partial charge in [0.05, 0.1) is 5.92 Å². The molecule has 1 aromatic carbocycles. The van der Waals surface area contributed by atoms with Gasteiger partial charge in [0.15, 0.2) is 0 Å². The summed E-state index contributed by atoms with van der Waals surface area (Å²) in [4.78, 5) is 18.2. The molecule has 1 atom stereocenters. The Labute approximate surface area is 149 Å². The van der Waals surface area contributed by atoms with E-state index in [-0.39, 0.29) is 12.0 Å². The van der Waals surface area contributed by atoms with Crippen LogP contribution in [-0.2, 0) is 11.2 Å². The molecule has 2 aromatic rings. The smallest absolute Gasteiger partial charge is 0.306 e. The van der Waals surface area contributed by atoms with E-state index in [9.17, 15) is 9.90 Å². The van der Waals surface area contributed by atoms with Crippen molar-refractivity contribution in [3.8, 4) is 0 Å². The maximum absolute atomic E-state index is 11.3. The number of aryl methyl sites for hydroxylation is 2. The Morgan fingerprint density at radius 1 is 1.24 bits per heavy atom. The molecule has 1 unspecified atom stereocenters. The van der Waals surface area contributed by atoms with Crippen molar-refractivity contribution in [2.75, 3.05) is 13.1 Å². The molecule has 132 valence electrons. The van der Waals surface area contributed by atoms with Crippen LogP contribution in [0.3, 0.4) is 0 Å². The summed E-state index contributed by atoms with van der Waals surface area (Å²) in [7, 11) is 0. The van der Waals surface area contributed by atoms with E-state index in [1.54, 1.807) is 0 Å². The van der Waals surface area contributed by atoms with Crippen LogP contribution in [0.25, 0.3) is 0 Å². The van der Waals surface area contributed by atoms with E-state index in [1.807, 2.05) is 18.3 Å². The third kappa shape index (κ3) is 4.26. The highest BCUT2D eigenvalue weighted by atomic mass is 16.4. The molecule has 1 N–H and O–H groups in total. The van der Waals surface area contributed by atoms with Crippen LogP contribution in [0, 0.1) is 19.8 Å². The normalized spacial score (nSPS) is 17.4. The number of nitrogens with zero attached hydrogens (tertiary/aromatic N) is 2. The van der Waals surface area contributed by atoms with Crippen LogP contribution < -0.4 is 0 Å². The molecule has 3 rings (SSSR count). The molecule has 1 aliphatic heterocycles. The molecule has 4 nitrogen and oxygen atoms in total. The zero-order valence-corrected chi connectivity index (χ0v) is 15.0. The lowest BCUT2D eigenvalue weighted by Gasteiger charge is -2.37. The summed E-state index contributed by atoms with van der Waals surface area (Å²) >= 11 is 0. The Hall–Kier alpha value is -2.20. The quantitative estimate of drug-likeness (QED) is 0.901. The standard InChI is InChI=1S/C21H26N2O2/c1-15-6-7-19(16(2)13-15)20(14-18-5-3-4-10-22-18)23-11-8-17(9-12-23)21(24)25/h3-7,10,13,17,20H,8-9,11-12,14H2,1-2H3,(H,24,25). The second-order valence-corrected chi connectivity index (χ2v) is 7.05. The van der Waals surface area contributed by atoms with Gasteiger partial charge in [-0.1, -0.05) is 29.8 Å². The van der Waals surface area contributed by atoms with E-state index >= 15 is 0 Å². The van der Waals surface area contributed by atoms with Gasteiger partial charge in [0, 0.05) is 24.4 Å². The molecule has 1 aromatic heterocycles. The van der Waals surface area contributed by atoms with Gasteiger partial charge in [-0.05, 0) is 63.0 Å². The van der Waals surface area contributed by atoms with Crippen molar-refractivity contribution >= 4 is 5.97 Å². The molecule has 0 bridgehead atoms. The number of aliphatic carboxylic acids is 1. The average Bonchev–Trinajstić information content (AvgIpc) is 2.61. The molecule has 0 saturated carbocycles. The highest BCUT2D eigenvalue weighted by Crippen LogP contribution is 2.31. The average molecular weight is 338 g/mol. The first-order valence-corrected chi connectivity index (χ1v) is 8.98. The summed E-state index contributed by atoms with van der Waals surface area (Å²) in [6.07, 6.45) is 4.13. The lowest BCUT2D eigenvalue weighted by Crippen LogP contribution is -2.39. The van der Waals surface area contributed by atoms with Gasteiger partial charge in [0.25, 0.3) is 0 Å². The largest absolute Gasteiger partial charge is 0.481 e. The Balaban J connectivity index is 1.85. The van der Waals surface area contributed by atoms with Crippen molar-refractivity contribution in [1.29, 1.82) is 0 Å². The number of carboxylic acids is 1. The van der Waals surface area contributed by atoms with Crippen LogP contribution in [0.15, 0.2) is 42.6 Å². The first-order valence-electron chi connectivity index (χ1n) is 8.98. The lowest BCUT2D eigenvalue weighted by molar-refractivity contribution is -0.143. The topological polar surface area (TPSA) is 53.4 Å². The van der Waals surface area contributed by atoms with Gasteiger partial charge in [-0.2, -0.15) is 0 Å². The number of hydrogen-bond acceptors (Lipinski definition) is 3. The number of rotatable bonds is 5. The van der Waals surface area contributed by atoms with Gasteiger partial charge < -0.3 is 5.11 Å². The highest BCUT2D eigenvalue weighted by Gasteiger charge is 2.30. The fourth-order valence-corrected chi connectivity index (χ4v) is 3.81. The number of hydrogen-bond donors (Lipinski definition) is 1. The van der Waals surface area contributed by atoms with Gasteiger partial charge in [-0.15, -0.1) is 0 Å². The van der Waals surface area contributed by atoms with Gasteiger partial charge in [0.1, 0.15) is 0 Å². The zero-order valence-electron chi connectivity index (χ0n) is 15.0. The Bertz CT molecular complexity index is 722. The van der Waals surface area contributed by atoms with Crippen molar-refractivity contribution in [2.45, 2.75) is 39.2 Å². The first kappa shape index (κ1) is 17.6. The molecular formula is C21H26N2O2. The molecular weight excluding hydrogens is 312 g/mol. The molecule has 1 saturated heterocycles. The van der Waals surface area contributed by atoms with E-state index in [1.165, 1.54) is 16.7 Å². The Morgan fingerprint density at radius 3 is 2.60 bits per heavy atom. The zero-order chi connectivity index (χ0) is 17.8. The number of carbonyl (C=O) groups is 1. The van der Waals surface area contributed by atoms with Crippen LogP contribution in [0.4, 0.5) is 0 Å². The van der Waals surface area contributed by atoms with Crippen molar-refractivity contribution in [3.05, 3.63) is 65.0 Å². The molecule has 2 heterocycles. The van der Waals surface area contributed by atoms with Gasteiger partial charge in [0.2, 0.25) is 0 Å². The van der Waals surface area contributed by atoms with E-state index in [2.05, 4.69) is 48.0 Å². The number of aromatic nitrogens is 1. The third-order valence-corrected chi connectivity index (χ3v) is 5.23. The number of likely N-dealkylation sites (tertiary alicyclic amines) is 1. The SMILES string of the molecule is Cc1ccc(C(Cc2ccccn2)N2CCC(C(=O)O)CC2)c(C)c1. The predicted octanol–water partition coefficient (Wildman–Crippen LogP) is 3.78. The van der Waals surface area contributed by atoms with Gasteiger partial charge >= 0.3 is 5.97 Å². The maximum atomic E-state index is 11.3.